The van der Waals surface area contributed by atoms with E-state index < -0.39 is 0 Å². The van der Waals surface area contributed by atoms with Crippen LogP contribution in [0.3, 0.4) is 0 Å². The van der Waals surface area contributed by atoms with Gasteiger partial charge in [0.25, 0.3) is 5.91 Å². The summed E-state index contributed by atoms with van der Waals surface area (Å²) in [5.41, 5.74) is 0.451. The summed E-state index contributed by atoms with van der Waals surface area (Å²) in [6.07, 6.45) is 4.48. The molecule has 0 spiro atoms. The summed E-state index contributed by atoms with van der Waals surface area (Å²) in [4.78, 5) is 17.4. The van der Waals surface area contributed by atoms with E-state index in [2.05, 4.69) is 17.4 Å². The second-order valence-electron chi connectivity index (χ2n) is 4.85. The van der Waals surface area contributed by atoms with E-state index in [-0.39, 0.29) is 5.91 Å². The zero-order chi connectivity index (χ0) is 16.9. The lowest BCUT2D eigenvalue weighted by atomic mass is 10.1. The van der Waals surface area contributed by atoms with E-state index in [0.29, 0.717) is 36.8 Å². The molecule has 0 unspecified atom stereocenters. The molecule has 0 aliphatic rings. The van der Waals surface area contributed by atoms with Gasteiger partial charge in [0, 0.05) is 6.21 Å². The Hall–Kier alpha value is -2.24. The van der Waals surface area contributed by atoms with Crippen LogP contribution in [0.15, 0.2) is 23.4 Å². The number of benzene rings is 1. The first-order valence-corrected chi connectivity index (χ1v) is 7.96. The molecule has 6 nitrogen and oxygen atoms in total. The van der Waals surface area contributed by atoms with Gasteiger partial charge >= 0.3 is 0 Å². The van der Waals surface area contributed by atoms with Crippen LogP contribution in [0, 0.1) is 0 Å². The second kappa shape index (κ2) is 11.3. The summed E-state index contributed by atoms with van der Waals surface area (Å²) in [6.45, 7) is 5.29. The Balaban J connectivity index is 2.57. The third kappa shape index (κ3) is 6.59. The lowest BCUT2D eigenvalue weighted by molar-refractivity contribution is 0.0916. The minimum atomic E-state index is -0.226. The average molecular weight is 322 g/mol. The molecule has 0 bridgehead atoms. The van der Waals surface area contributed by atoms with Gasteiger partial charge in [-0.05, 0) is 25.0 Å². The molecule has 128 valence electrons. The predicted octanol–water partition coefficient (Wildman–Crippen LogP) is 3.02. The van der Waals surface area contributed by atoms with Crippen LogP contribution in [0.2, 0.25) is 0 Å². The molecule has 1 N–H and O–H groups in total. The van der Waals surface area contributed by atoms with Gasteiger partial charge in [-0.3, -0.25) is 4.79 Å². The van der Waals surface area contributed by atoms with Crippen LogP contribution in [-0.2, 0) is 4.84 Å². The number of methoxy groups -OCH3 is 1. The van der Waals surface area contributed by atoms with Gasteiger partial charge in [0.2, 0.25) is 0 Å². The highest BCUT2D eigenvalue weighted by atomic mass is 16.6. The van der Waals surface area contributed by atoms with Crippen LogP contribution in [0.25, 0.3) is 0 Å². The maximum absolute atomic E-state index is 12.3. The zero-order valence-corrected chi connectivity index (χ0v) is 14.1. The standard InChI is InChI=1S/C17H26N2O4/c1-4-6-10-19-23-13-11-18-17(20)14-8-7-9-15(21-3)16(14)22-12-5-2/h7-10H,4-6,11-13H2,1-3H3,(H,18,20)/b19-10+. The van der Waals surface area contributed by atoms with Gasteiger partial charge < -0.3 is 19.6 Å². The Morgan fingerprint density at radius 3 is 2.78 bits per heavy atom. The quantitative estimate of drug-likeness (QED) is 0.386. The molecular weight excluding hydrogens is 296 g/mol. The van der Waals surface area contributed by atoms with Crippen LogP contribution < -0.4 is 14.8 Å². The number of hydrogen-bond donors (Lipinski definition) is 1. The first kappa shape index (κ1) is 18.8. The molecule has 1 aromatic carbocycles. The number of carbonyl (C=O) groups excluding carboxylic acids is 1. The van der Waals surface area contributed by atoms with Crippen molar-refractivity contribution in [1.82, 2.24) is 5.32 Å². The zero-order valence-electron chi connectivity index (χ0n) is 14.1. The molecule has 0 atom stereocenters. The normalized spacial score (nSPS) is 10.6. The van der Waals surface area contributed by atoms with Crippen molar-refractivity contribution in [2.75, 3.05) is 26.9 Å². The highest BCUT2D eigenvalue weighted by Crippen LogP contribution is 2.31. The Labute approximate surface area is 137 Å². The lowest BCUT2D eigenvalue weighted by Gasteiger charge is -2.14. The molecule has 0 radical (unpaired) electrons. The number of rotatable bonds is 11. The number of oxime groups is 1. The largest absolute Gasteiger partial charge is 0.493 e. The molecule has 0 aliphatic carbocycles. The van der Waals surface area contributed by atoms with Crippen molar-refractivity contribution in [2.24, 2.45) is 5.16 Å². The van der Waals surface area contributed by atoms with Crippen LogP contribution in [0.5, 0.6) is 11.5 Å². The maximum Gasteiger partial charge on any atom is 0.255 e. The topological polar surface area (TPSA) is 69.2 Å². The van der Waals surface area contributed by atoms with Gasteiger partial charge in [0.1, 0.15) is 6.61 Å². The summed E-state index contributed by atoms with van der Waals surface area (Å²) >= 11 is 0. The first-order valence-electron chi connectivity index (χ1n) is 7.96. The molecule has 1 aromatic rings. The Morgan fingerprint density at radius 1 is 1.26 bits per heavy atom. The number of amides is 1. The van der Waals surface area contributed by atoms with Gasteiger partial charge in [-0.2, -0.15) is 0 Å². The Bertz CT molecular complexity index is 503. The van der Waals surface area contributed by atoms with Crippen molar-refractivity contribution in [3.05, 3.63) is 23.8 Å². The van der Waals surface area contributed by atoms with Crippen LogP contribution in [0.1, 0.15) is 43.5 Å². The van der Waals surface area contributed by atoms with E-state index in [1.807, 2.05) is 6.92 Å². The number of carbonyl (C=O) groups is 1. The fourth-order valence-corrected chi connectivity index (χ4v) is 1.80. The van der Waals surface area contributed by atoms with E-state index in [4.69, 9.17) is 14.3 Å². The smallest absolute Gasteiger partial charge is 0.255 e. The molecule has 23 heavy (non-hydrogen) atoms. The van der Waals surface area contributed by atoms with Gasteiger partial charge in [-0.1, -0.05) is 31.5 Å². The molecular formula is C17H26N2O4. The van der Waals surface area contributed by atoms with Gasteiger partial charge in [0.05, 0.1) is 25.8 Å². The molecule has 0 saturated carbocycles. The van der Waals surface area contributed by atoms with Crippen molar-refractivity contribution in [3.63, 3.8) is 0 Å². The van der Waals surface area contributed by atoms with Gasteiger partial charge in [-0.25, -0.2) is 0 Å². The molecule has 0 fully saturated rings. The van der Waals surface area contributed by atoms with Gasteiger partial charge in [-0.15, -0.1) is 0 Å². The molecule has 0 aromatic heterocycles. The number of ether oxygens (including phenoxy) is 2. The van der Waals surface area contributed by atoms with Crippen molar-refractivity contribution in [3.8, 4) is 11.5 Å². The highest BCUT2D eigenvalue weighted by molar-refractivity contribution is 5.97. The van der Waals surface area contributed by atoms with Crippen LogP contribution in [0.4, 0.5) is 0 Å². The number of unbranched alkanes of at least 4 members (excludes halogenated alkanes) is 1. The molecule has 0 heterocycles. The first-order chi connectivity index (χ1) is 11.2. The summed E-state index contributed by atoms with van der Waals surface area (Å²) in [5.74, 6) is 0.791. The van der Waals surface area contributed by atoms with Crippen molar-refractivity contribution >= 4 is 12.1 Å². The summed E-state index contributed by atoms with van der Waals surface area (Å²) in [7, 11) is 1.55. The monoisotopic (exact) mass is 322 g/mol. The third-order valence-electron chi connectivity index (χ3n) is 2.94. The number of nitrogens with zero attached hydrogens (tertiary/aromatic N) is 1. The van der Waals surface area contributed by atoms with Crippen molar-refractivity contribution in [2.45, 2.75) is 33.1 Å². The van der Waals surface area contributed by atoms with E-state index in [0.717, 1.165) is 19.3 Å². The molecule has 1 rings (SSSR count). The average Bonchev–Trinajstić information content (AvgIpc) is 2.58. The van der Waals surface area contributed by atoms with Crippen LogP contribution >= 0.6 is 0 Å². The minimum absolute atomic E-state index is 0.226. The predicted molar refractivity (Wildman–Crippen MR) is 90.5 cm³/mol. The minimum Gasteiger partial charge on any atom is -0.493 e. The third-order valence-corrected chi connectivity index (χ3v) is 2.94. The Kier molecular flexibility index (Phi) is 9.28. The van der Waals surface area contributed by atoms with E-state index in [1.165, 1.54) is 0 Å². The summed E-state index contributed by atoms with van der Waals surface area (Å²) in [6, 6.07) is 5.24. The SMILES string of the molecule is CCC/C=N/OCCNC(=O)c1cccc(OC)c1OCCC. The maximum atomic E-state index is 12.3. The Morgan fingerprint density at radius 2 is 2.09 bits per heavy atom. The summed E-state index contributed by atoms with van der Waals surface area (Å²) in [5, 5.41) is 6.58. The number of para-hydroxylation sites is 1. The van der Waals surface area contributed by atoms with Crippen molar-refractivity contribution in [1.29, 1.82) is 0 Å². The lowest BCUT2D eigenvalue weighted by Crippen LogP contribution is -2.27. The van der Waals surface area contributed by atoms with E-state index in [1.54, 1.807) is 31.5 Å². The van der Waals surface area contributed by atoms with E-state index in [9.17, 15) is 4.79 Å². The number of nitrogens with one attached hydrogen (secondary N) is 1. The van der Waals surface area contributed by atoms with Gasteiger partial charge in [0.15, 0.2) is 11.5 Å². The van der Waals surface area contributed by atoms with Crippen LogP contribution in [-0.4, -0.2) is 39.0 Å². The fraction of sp³-hybridized carbons (Fsp3) is 0.529. The fourth-order valence-electron chi connectivity index (χ4n) is 1.80. The second-order valence-corrected chi connectivity index (χ2v) is 4.85. The van der Waals surface area contributed by atoms with E-state index >= 15 is 0 Å². The summed E-state index contributed by atoms with van der Waals surface area (Å²) < 4.78 is 10.9. The van der Waals surface area contributed by atoms with Crippen molar-refractivity contribution < 1.29 is 19.1 Å². The molecule has 1 amide bonds. The molecule has 0 aliphatic heterocycles. The highest BCUT2D eigenvalue weighted by Gasteiger charge is 2.16. The number of hydrogen-bond acceptors (Lipinski definition) is 5. The molecule has 0 saturated heterocycles. The molecule has 6 heteroatoms.